The number of nitrogens with one attached hydrogen (secondary N) is 1. The van der Waals surface area contributed by atoms with E-state index in [1.807, 2.05) is 0 Å². The van der Waals surface area contributed by atoms with Crippen LogP contribution >= 0.6 is 15.9 Å². The summed E-state index contributed by atoms with van der Waals surface area (Å²) in [5, 5.41) is 7.25. The number of fused-ring (bicyclic) bond motifs is 1. The van der Waals surface area contributed by atoms with Gasteiger partial charge in [-0.05, 0) is 12.8 Å². The fourth-order valence-corrected chi connectivity index (χ4v) is 3.22. The first-order chi connectivity index (χ1) is 9.25. The number of halogens is 1. The fraction of sp³-hybridized carbons (Fsp3) is 0.462. The van der Waals surface area contributed by atoms with Crippen LogP contribution in [0.15, 0.2) is 24.8 Å². The molecule has 100 valence electrons. The summed E-state index contributed by atoms with van der Waals surface area (Å²) in [6.07, 6.45) is 11.2. The van der Waals surface area contributed by atoms with E-state index in [1.54, 1.807) is 29.3 Å². The second-order valence-corrected chi connectivity index (χ2v) is 6.02. The monoisotopic (exact) mass is 322 g/mol. The molecule has 0 aromatic carbocycles. The van der Waals surface area contributed by atoms with E-state index < -0.39 is 0 Å². The van der Waals surface area contributed by atoms with Crippen molar-refractivity contribution < 1.29 is 4.79 Å². The molecule has 5 nitrogen and oxygen atoms in total. The van der Waals surface area contributed by atoms with Crippen molar-refractivity contribution in [3.63, 3.8) is 0 Å². The molecule has 1 aliphatic carbocycles. The fourth-order valence-electron chi connectivity index (χ4n) is 2.50. The largest absolute Gasteiger partial charge is 0.348 e. The van der Waals surface area contributed by atoms with Crippen LogP contribution in [0.4, 0.5) is 0 Å². The molecule has 3 rings (SSSR count). The van der Waals surface area contributed by atoms with Crippen LogP contribution in [0.2, 0.25) is 0 Å². The minimum Gasteiger partial charge on any atom is -0.348 e. The SMILES string of the molecule is O=C(NC1CCCCC1Br)c1cnn2ccncc12. The van der Waals surface area contributed by atoms with Crippen LogP contribution in [-0.2, 0) is 0 Å². The maximum Gasteiger partial charge on any atom is 0.255 e. The van der Waals surface area contributed by atoms with Crippen LogP contribution in [-0.4, -0.2) is 31.4 Å². The van der Waals surface area contributed by atoms with Gasteiger partial charge in [0.25, 0.3) is 5.91 Å². The van der Waals surface area contributed by atoms with Gasteiger partial charge in [-0.2, -0.15) is 5.10 Å². The highest BCUT2D eigenvalue weighted by atomic mass is 79.9. The first kappa shape index (κ1) is 12.6. The average molecular weight is 323 g/mol. The van der Waals surface area contributed by atoms with Crippen molar-refractivity contribution in [3.8, 4) is 0 Å². The Morgan fingerprint density at radius 3 is 3.05 bits per heavy atom. The van der Waals surface area contributed by atoms with Crippen molar-refractivity contribution in [1.82, 2.24) is 19.9 Å². The summed E-state index contributed by atoms with van der Waals surface area (Å²) in [4.78, 5) is 16.7. The third-order valence-corrected chi connectivity index (χ3v) is 4.66. The Labute approximate surface area is 119 Å². The van der Waals surface area contributed by atoms with E-state index in [-0.39, 0.29) is 11.9 Å². The number of hydrogen-bond acceptors (Lipinski definition) is 3. The van der Waals surface area contributed by atoms with Gasteiger partial charge in [0.15, 0.2) is 0 Å². The van der Waals surface area contributed by atoms with E-state index in [0.29, 0.717) is 10.4 Å². The molecule has 1 amide bonds. The molecule has 2 aromatic rings. The normalized spacial score (nSPS) is 23.4. The summed E-state index contributed by atoms with van der Waals surface area (Å²) < 4.78 is 1.66. The highest BCUT2D eigenvalue weighted by molar-refractivity contribution is 9.09. The van der Waals surface area contributed by atoms with Crippen LogP contribution in [0.5, 0.6) is 0 Å². The summed E-state index contributed by atoms with van der Waals surface area (Å²) in [5.41, 5.74) is 1.32. The number of carbonyl (C=O) groups excluding carboxylic acids is 1. The molecule has 19 heavy (non-hydrogen) atoms. The Balaban J connectivity index is 1.80. The standard InChI is InChI=1S/C13H15BrN4O/c14-10-3-1-2-4-11(10)17-13(19)9-7-16-18-6-5-15-8-12(9)18/h5-8,10-11H,1-4H2,(H,17,19). The molecule has 6 heteroatoms. The van der Waals surface area contributed by atoms with Gasteiger partial charge in [0.2, 0.25) is 0 Å². The summed E-state index contributed by atoms with van der Waals surface area (Å²) in [7, 11) is 0. The number of amides is 1. The Morgan fingerprint density at radius 1 is 1.37 bits per heavy atom. The number of aromatic nitrogens is 3. The molecule has 1 N–H and O–H groups in total. The number of alkyl halides is 1. The van der Waals surface area contributed by atoms with Crippen LogP contribution < -0.4 is 5.32 Å². The Hall–Kier alpha value is -1.43. The quantitative estimate of drug-likeness (QED) is 0.862. The summed E-state index contributed by atoms with van der Waals surface area (Å²) in [6.45, 7) is 0. The minimum atomic E-state index is -0.0700. The molecule has 0 bridgehead atoms. The van der Waals surface area contributed by atoms with E-state index in [9.17, 15) is 4.79 Å². The molecule has 2 aromatic heterocycles. The average Bonchev–Trinajstić information content (AvgIpc) is 2.85. The van der Waals surface area contributed by atoms with Crippen molar-refractivity contribution in [2.24, 2.45) is 0 Å². The van der Waals surface area contributed by atoms with Gasteiger partial charge >= 0.3 is 0 Å². The summed E-state index contributed by atoms with van der Waals surface area (Å²) in [5.74, 6) is -0.0700. The number of hydrogen-bond donors (Lipinski definition) is 1. The lowest BCUT2D eigenvalue weighted by molar-refractivity contribution is 0.0931. The zero-order valence-electron chi connectivity index (χ0n) is 10.4. The van der Waals surface area contributed by atoms with Gasteiger partial charge in [-0.3, -0.25) is 9.78 Å². The first-order valence-corrected chi connectivity index (χ1v) is 7.39. The zero-order valence-corrected chi connectivity index (χ0v) is 12.0. The van der Waals surface area contributed by atoms with Crippen molar-refractivity contribution in [1.29, 1.82) is 0 Å². The second kappa shape index (κ2) is 5.28. The van der Waals surface area contributed by atoms with Crippen LogP contribution in [0, 0.1) is 0 Å². The molecule has 0 saturated heterocycles. The molecule has 0 spiro atoms. The number of nitrogens with zero attached hydrogens (tertiary/aromatic N) is 3. The Kier molecular flexibility index (Phi) is 3.50. The topological polar surface area (TPSA) is 59.3 Å². The molecule has 1 fully saturated rings. The highest BCUT2D eigenvalue weighted by Crippen LogP contribution is 2.25. The Morgan fingerprint density at radius 2 is 2.21 bits per heavy atom. The molecule has 2 unspecified atom stereocenters. The van der Waals surface area contributed by atoms with Crippen molar-refractivity contribution in [2.45, 2.75) is 36.6 Å². The van der Waals surface area contributed by atoms with E-state index in [4.69, 9.17) is 0 Å². The van der Waals surface area contributed by atoms with Gasteiger partial charge in [0, 0.05) is 23.3 Å². The van der Waals surface area contributed by atoms with Gasteiger partial charge < -0.3 is 5.32 Å². The predicted molar refractivity (Wildman–Crippen MR) is 75.4 cm³/mol. The van der Waals surface area contributed by atoms with E-state index in [1.165, 1.54) is 12.8 Å². The van der Waals surface area contributed by atoms with E-state index in [0.717, 1.165) is 18.4 Å². The van der Waals surface area contributed by atoms with Gasteiger partial charge in [0.05, 0.1) is 23.5 Å². The molecular weight excluding hydrogens is 308 g/mol. The maximum absolute atomic E-state index is 12.3. The zero-order chi connectivity index (χ0) is 13.2. The summed E-state index contributed by atoms with van der Waals surface area (Å²) >= 11 is 3.65. The molecular formula is C13H15BrN4O. The highest BCUT2D eigenvalue weighted by Gasteiger charge is 2.25. The van der Waals surface area contributed by atoms with Gasteiger partial charge in [-0.25, -0.2) is 4.52 Å². The third-order valence-electron chi connectivity index (χ3n) is 3.57. The van der Waals surface area contributed by atoms with E-state index >= 15 is 0 Å². The van der Waals surface area contributed by atoms with E-state index in [2.05, 4.69) is 31.3 Å². The number of rotatable bonds is 2. The van der Waals surface area contributed by atoms with Gasteiger partial charge in [0.1, 0.15) is 0 Å². The lowest BCUT2D eigenvalue weighted by Crippen LogP contribution is -2.42. The second-order valence-electron chi connectivity index (χ2n) is 4.84. The van der Waals surface area contributed by atoms with Crippen LogP contribution in [0.1, 0.15) is 36.0 Å². The van der Waals surface area contributed by atoms with Crippen molar-refractivity contribution >= 4 is 27.4 Å². The van der Waals surface area contributed by atoms with Crippen molar-refractivity contribution in [3.05, 3.63) is 30.4 Å². The summed E-state index contributed by atoms with van der Waals surface area (Å²) in [6, 6.07) is 0.202. The van der Waals surface area contributed by atoms with Crippen LogP contribution in [0.3, 0.4) is 0 Å². The lowest BCUT2D eigenvalue weighted by atomic mass is 9.95. The van der Waals surface area contributed by atoms with Gasteiger partial charge in [-0.1, -0.05) is 28.8 Å². The minimum absolute atomic E-state index is 0.0700. The van der Waals surface area contributed by atoms with Crippen molar-refractivity contribution in [2.75, 3.05) is 0 Å². The molecule has 0 radical (unpaired) electrons. The third kappa shape index (κ3) is 2.49. The molecule has 0 aliphatic heterocycles. The van der Waals surface area contributed by atoms with Crippen LogP contribution in [0.25, 0.3) is 5.52 Å². The molecule has 1 aliphatic rings. The smallest absolute Gasteiger partial charge is 0.255 e. The predicted octanol–water partition coefficient (Wildman–Crippen LogP) is 2.17. The van der Waals surface area contributed by atoms with Gasteiger partial charge in [-0.15, -0.1) is 0 Å². The first-order valence-electron chi connectivity index (χ1n) is 6.48. The maximum atomic E-state index is 12.3. The number of carbonyl (C=O) groups is 1. The lowest BCUT2D eigenvalue weighted by Gasteiger charge is -2.28. The Bertz CT molecular complexity index is 597. The molecule has 2 heterocycles. The molecule has 2 atom stereocenters. The molecule has 1 saturated carbocycles.